The summed E-state index contributed by atoms with van der Waals surface area (Å²) >= 11 is 0. The van der Waals surface area contributed by atoms with E-state index >= 15 is 0 Å². The summed E-state index contributed by atoms with van der Waals surface area (Å²) in [4.78, 5) is 40.9. The number of likely N-dealkylation sites (tertiary alicyclic amines) is 1. The number of carbonyl (C=O) groups is 2. The summed E-state index contributed by atoms with van der Waals surface area (Å²) in [6.45, 7) is 1.48. The Morgan fingerprint density at radius 1 is 1.08 bits per heavy atom. The van der Waals surface area contributed by atoms with E-state index in [4.69, 9.17) is 0 Å². The zero-order valence-electron chi connectivity index (χ0n) is 14.2. The molecular weight excluding hydrogens is 334 g/mol. The fourth-order valence-electron chi connectivity index (χ4n) is 3.93. The second-order valence-corrected chi connectivity index (χ2v) is 6.86. The van der Waals surface area contributed by atoms with E-state index in [2.05, 4.69) is 15.0 Å². The van der Waals surface area contributed by atoms with Crippen LogP contribution >= 0.6 is 0 Å². The highest BCUT2D eigenvalue weighted by molar-refractivity contribution is 5.83. The van der Waals surface area contributed by atoms with E-state index in [0.29, 0.717) is 31.3 Å². The van der Waals surface area contributed by atoms with Gasteiger partial charge in [0.1, 0.15) is 5.41 Å². The molecule has 8 heteroatoms. The first kappa shape index (κ1) is 16.4. The molecule has 2 aromatic heterocycles. The van der Waals surface area contributed by atoms with Gasteiger partial charge in [-0.2, -0.15) is 0 Å². The standard InChI is InChI=1S/C18H19N5O3/c24-15(8-14-4-1-2-5-19-14)22-9-13-10-23(17-20-6-3-7-21-17)12-18(13,11-22)16(25)26/h1-7,13H,8-12H2,(H,25,26)/t13-,18-/m1/s1. The molecule has 0 bridgehead atoms. The van der Waals surface area contributed by atoms with Crippen molar-refractivity contribution in [2.75, 3.05) is 31.1 Å². The second kappa shape index (κ2) is 6.36. The molecule has 2 aliphatic rings. The van der Waals surface area contributed by atoms with Crippen LogP contribution in [0.25, 0.3) is 0 Å². The van der Waals surface area contributed by atoms with Gasteiger partial charge in [-0.1, -0.05) is 6.07 Å². The highest BCUT2D eigenvalue weighted by Crippen LogP contribution is 2.43. The third-order valence-corrected chi connectivity index (χ3v) is 5.28. The average Bonchev–Trinajstić information content (AvgIpc) is 3.19. The topological polar surface area (TPSA) is 99.5 Å². The number of fused-ring (bicyclic) bond motifs is 1. The summed E-state index contributed by atoms with van der Waals surface area (Å²) < 4.78 is 0. The summed E-state index contributed by atoms with van der Waals surface area (Å²) in [5, 5.41) is 9.91. The van der Waals surface area contributed by atoms with E-state index in [0.717, 1.165) is 0 Å². The predicted molar refractivity (Wildman–Crippen MR) is 92.3 cm³/mol. The van der Waals surface area contributed by atoms with Gasteiger partial charge in [0, 0.05) is 56.4 Å². The van der Waals surface area contributed by atoms with Gasteiger partial charge in [0.15, 0.2) is 0 Å². The van der Waals surface area contributed by atoms with Gasteiger partial charge >= 0.3 is 5.97 Å². The normalized spacial score (nSPS) is 24.5. The molecule has 0 radical (unpaired) electrons. The lowest BCUT2D eigenvalue weighted by atomic mass is 9.81. The summed E-state index contributed by atoms with van der Waals surface area (Å²) in [7, 11) is 0. The van der Waals surface area contributed by atoms with Crippen LogP contribution in [0, 0.1) is 11.3 Å². The Labute approximate surface area is 150 Å². The number of carbonyl (C=O) groups excluding carboxylic acids is 1. The number of nitrogens with zero attached hydrogens (tertiary/aromatic N) is 5. The lowest BCUT2D eigenvalue weighted by Gasteiger charge is -2.25. The average molecular weight is 353 g/mol. The zero-order valence-corrected chi connectivity index (χ0v) is 14.2. The van der Waals surface area contributed by atoms with Crippen molar-refractivity contribution < 1.29 is 14.7 Å². The SMILES string of the molecule is O=C(Cc1ccccn1)N1C[C@@H]2CN(c3ncccn3)C[C@]2(C(=O)O)C1. The number of aliphatic carboxylic acids is 1. The van der Waals surface area contributed by atoms with Gasteiger partial charge in [0.25, 0.3) is 0 Å². The molecule has 2 atom stereocenters. The summed E-state index contributed by atoms with van der Waals surface area (Å²) in [6.07, 6.45) is 5.13. The molecule has 0 spiro atoms. The van der Waals surface area contributed by atoms with Crippen molar-refractivity contribution in [1.29, 1.82) is 0 Å². The molecule has 0 unspecified atom stereocenters. The maximum atomic E-state index is 12.6. The summed E-state index contributed by atoms with van der Waals surface area (Å²) in [5.74, 6) is -0.555. The molecule has 1 N–H and O–H groups in total. The van der Waals surface area contributed by atoms with E-state index in [1.54, 1.807) is 41.7 Å². The van der Waals surface area contributed by atoms with E-state index in [1.807, 2.05) is 11.0 Å². The Hall–Kier alpha value is -3.03. The third-order valence-electron chi connectivity index (χ3n) is 5.28. The monoisotopic (exact) mass is 353 g/mol. The third kappa shape index (κ3) is 2.77. The smallest absolute Gasteiger partial charge is 0.313 e. The highest BCUT2D eigenvalue weighted by atomic mass is 16.4. The number of pyridine rings is 1. The van der Waals surface area contributed by atoms with Gasteiger partial charge in [0.2, 0.25) is 11.9 Å². The van der Waals surface area contributed by atoms with Crippen LogP contribution in [0.2, 0.25) is 0 Å². The molecule has 26 heavy (non-hydrogen) atoms. The first-order valence-corrected chi connectivity index (χ1v) is 8.51. The fraction of sp³-hybridized carbons (Fsp3) is 0.389. The lowest BCUT2D eigenvalue weighted by Crippen LogP contribution is -2.42. The van der Waals surface area contributed by atoms with Gasteiger partial charge in [-0.05, 0) is 18.2 Å². The number of anilines is 1. The number of amides is 1. The van der Waals surface area contributed by atoms with Crippen LogP contribution in [-0.2, 0) is 16.0 Å². The van der Waals surface area contributed by atoms with Crippen LogP contribution in [0.3, 0.4) is 0 Å². The number of carboxylic acids is 1. The molecular formula is C18H19N5O3. The minimum absolute atomic E-state index is 0.0822. The Kier molecular flexibility index (Phi) is 4.02. The number of carboxylic acid groups (broad SMARTS) is 1. The predicted octanol–water partition coefficient (Wildman–Crippen LogP) is 0.464. The molecule has 0 saturated carbocycles. The van der Waals surface area contributed by atoms with Gasteiger partial charge < -0.3 is 14.9 Å². The van der Waals surface area contributed by atoms with E-state index in [1.165, 1.54) is 0 Å². The van der Waals surface area contributed by atoms with Crippen molar-refractivity contribution in [3.63, 3.8) is 0 Å². The maximum absolute atomic E-state index is 12.6. The summed E-state index contributed by atoms with van der Waals surface area (Å²) in [6, 6.07) is 7.17. The first-order chi connectivity index (χ1) is 12.6. The molecule has 0 aromatic carbocycles. The molecule has 4 heterocycles. The van der Waals surface area contributed by atoms with Gasteiger partial charge in [0.05, 0.1) is 6.42 Å². The molecule has 2 aliphatic heterocycles. The van der Waals surface area contributed by atoms with E-state index in [-0.39, 0.29) is 24.8 Å². The van der Waals surface area contributed by atoms with E-state index in [9.17, 15) is 14.7 Å². The Morgan fingerprint density at radius 3 is 2.50 bits per heavy atom. The molecule has 1 amide bonds. The molecule has 8 nitrogen and oxygen atoms in total. The number of rotatable bonds is 4. The minimum atomic E-state index is -0.973. The fourth-order valence-corrected chi connectivity index (χ4v) is 3.93. The Morgan fingerprint density at radius 2 is 1.85 bits per heavy atom. The molecule has 2 saturated heterocycles. The molecule has 134 valence electrons. The minimum Gasteiger partial charge on any atom is -0.481 e. The van der Waals surface area contributed by atoms with Crippen LogP contribution in [0.5, 0.6) is 0 Å². The van der Waals surface area contributed by atoms with Gasteiger partial charge in [-0.25, -0.2) is 9.97 Å². The number of hydrogen-bond donors (Lipinski definition) is 1. The van der Waals surface area contributed by atoms with Crippen LogP contribution < -0.4 is 4.90 Å². The second-order valence-electron chi connectivity index (χ2n) is 6.86. The number of aromatic nitrogens is 3. The van der Waals surface area contributed by atoms with Crippen molar-refractivity contribution >= 4 is 17.8 Å². The first-order valence-electron chi connectivity index (χ1n) is 8.51. The zero-order chi connectivity index (χ0) is 18.1. The highest BCUT2D eigenvalue weighted by Gasteiger charge is 2.59. The Bertz CT molecular complexity index is 816. The van der Waals surface area contributed by atoms with Crippen molar-refractivity contribution in [2.45, 2.75) is 6.42 Å². The molecule has 4 rings (SSSR count). The van der Waals surface area contributed by atoms with Crippen LogP contribution in [-0.4, -0.2) is 63.0 Å². The Balaban J connectivity index is 1.50. The largest absolute Gasteiger partial charge is 0.481 e. The van der Waals surface area contributed by atoms with Crippen LogP contribution in [0.1, 0.15) is 5.69 Å². The molecule has 2 aromatic rings. The molecule has 0 aliphatic carbocycles. The van der Waals surface area contributed by atoms with Gasteiger partial charge in [-0.3, -0.25) is 14.6 Å². The van der Waals surface area contributed by atoms with Crippen LogP contribution in [0.15, 0.2) is 42.9 Å². The summed E-state index contributed by atoms with van der Waals surface area (Å²) in [5.41, 5.74) is -0.280. The number of hydrogen-bond acceptors (Lipinski definition) is 6. The van der Waals surface area contributed by atoms with Crippen molar-refractivity contribution in [3.8, 4) is 0 Å². The quantitative estimate of drug-likeness (QED) is 0.852. The van der Waals surface area contributed by atoms with Crippen molar-refractivity contribution in [1.82, 2.24) is 19.9 Å². The van der Waals surface area contributed by atoms with Crippen LogP contribution in [0.4, 0.5) is 5.95 Å². The van der Waals surface area contributed by atoms with E-state index < -0.39 is 11.4 Å². The maximum Gasteiger partial charge on any atom is 0.313 e. The van der Waals surface area contributed by atoms with Gasteiger partial charge in [-0.15, -0.1) is 0 Å². The molecule has 2 fully saturated rings. The lowest BCUT2D eigenvalue weighted by molar-refractivity contribution is -0.148. The van der Waals surface area contributed by atoms with Crippen molar-refractivity contribution in [3.05, 3.63) is 48.5 Å². The van der Waals surface area contributed by atoms with Crippen molar-refractivity contribution in [2.24, 2.45) is 11.3 Å².